The van der Waals surface area contributed by atoms with Crippen LogP contribution in [0.2, 0.25) is 0 Å². The number of carboxylic acids is 1. The van der Waals surface area contributed by atoms with Crippen molar-refractivity contribution in [3.05, 3.63) is 35.9 Å². The molecule has 1 aromatic rings. The number of hydrogen-bond donors (Lipinski definition) is 1. The number of rotatable bonds is 6. The summed E-state index contributed by atoms with van der Waals surface area (Å²) in [4.78, 5) is 10.4. The maximum Gasteiger partial charge on any atom is 0.303 e. The fourth-order valence-corrected chi connectivity index (χ4v) is 1.65. The first-order valence-corrected chi connectivity index (χ1v) is 5.67. The van der Waals surface area contributed by atoms with Crippen LogP contribution in [0.4, 0.5) is 0 Å². The van der Waals surface area contributed by atoms with Crippen LogP contribution in [0.1, 0.15) is 31.7 Å². The van der Waals surface area contributed by atoms with E-state index in [1.807, 2.05) is 31.2 Å². The van der Waals surface area contributed by atoms with Gasteiger partial charge in [0.05, 0.1) is 7.11 Å². The first kappa shape index (κ1) is 13.3. The summed E-state index contributed by atoms with van der Waals surface area (Å²) in [6.45, 7) is 2.01. The lowest BCUT2D eigenvalue weighted by atomic mass is 10.0. The van der Waals surface area contributed by atoms with E-state index in [4.69, 9.17) is 9.84 Å². The molecule has 0 radical (unpaired) electrons. The molecule has 17 heavy (non-hydrogen) atoms. The fourth-order valence-electron chi connectivity index (χ4n) is 1.65. The Morgan fingerprint density at radius 2 is 2.12 bits per heavy atom. The number of para-hydroxylation sites is 1. The predicted molar refractivity (Wildman–Crippen MR) is 68.1 cm³/mol. The average molecular weight is 234 g/mol. The standard InChI is InChI=1S/C14H18O3/c1-11(7-3-6-10-14(15)16)12-8-4-5-9-13(12)17-2/h4-5,7-9H,3,6,10H2,1-2H3,(H,15,16)/b11-7+. The number of benzene rings is 1. The van der Waals surface area contributed by atoms with E-state index in [1.54, 1.807) is 7.11 Å². The van der Waals surface area contributed by atoms with E-state index in [1.165, 1.54) is 0 Å². The molecular weight excluding hydrogens is 216 g/mol. The Morgan fingerprint density at radius 1 is 1.41 bits per heavy atom. The molecule has 3 nitrogen and oxygen atoms in total. The summed E-state index contributed by atoms with van der Waals surface area (Å²) in [5.41, 5.74) is 2.18. The number of methoxy groups -OCH3 is 1. The van der Waals surface area contributed by atoms with Crippen molar-refractivity contribution in [2.45, 2.75) is 26.2 Å². The number of aliphatic carboxylic acids is 1. The third-order valence-electron chi connectivity index (χ3n) is 2.58. The highest BCUT2D eigenvalue weighted by atomic mass is 16.5. The van der Waals surface area contributed by atoms with Gasteiger partial charge in [-0.25, -0.2) is 0 Å². The minimum absolute atomic E-state index is 0.218. The van der Waals surface area contributed by atoms with E-state index in [2.05, 4.69) is 6.08 Å². The van der Waals surface area contributed by atoms with Crippen LogP contribution in [0.15, 0.2) is 30.3 Å². The smallest absolute Gasteiger partial charge is 0.303 e. The molecule has 1 N–H and O–H groups in total. The summed E-state index contributed by atoms with van der Waals surface area (Å²) >= 11 is 0. The van der Waals surface area contributed by atoms with Crippen molar-refractivity contribution in [3.63, 3.8) is 0 Å². The molecular formula is C14H18O3. The number of allylic oxidation sites excluding steroid dienone is 2. The van der Waals surface area contributed by atoms with Crippen molar-refractivity contribution in [1.29, 1.82) is 0 Å². The number of carboxylic acid groups (broad SMARTS) is 1. The Bertz CT molecular complexity index is 408. The molecule has 0 saturated heterocycles. The quantitative estimate of drug-likeness (QED) is 0.768. The number of hydrogen-bond acceptors (Lipinski definition) is 2. The second-order valence-electron chi connectivity index (χ2n) is 3.87. The van der Waals surface area contributed by atoms with Gasteiger partial charge in [0.25, 0.3) is 0 Å². The summed E-state index contributed by atoms with van der Waals surface area (Å²) < 4.78 is 5.28. The second-order valence-corrected chi connectivity index (χ2v) is 3.87. The lowest BCUT2D eigenvalue weighted by Crippen LogP contribution is -1.93. The third-order valence-corrected chi connectivity index (χ3v) is 2.58. The first-order valence-electron chi connectivity index (χ1n) is 5.67. The molecule has 0 aromatic heterocycles. The molecule has 0 bridgehead atoms. The summed E-state index contributed by atoms with van der Waals surface area (Å²) in [6, 6.07) is 7.82. The van der Waals surface area contributed by atoms with Gasteiger partial charge in [-0.1, -0.05) is 24.3 Å². The number of carbonyl (C=O) groups is 1. The highest BCUT2D eigenvalue weighted by molar-refractivity contribution is 5.69. The van der Waals surface area contributed by atoms with E-state index >= 15 is 0 Å². The van der Waals surface area contributed by atoms with Gasteiger partial charge < -0.3 is 9.84 Å². The molecule has 0 fully saturated rings. The van der Waals surface area contributed by atoms with Gasteiger partial charge in [0, 0.05) is 12.0 Å². The first-order chi connectivity index (χ1) is 8.15. The van der Waals surface area contributed by atoms with Gasteiger partial charge in [0.15, 0.2) is 0 Å². The molecule has 1 rings (SSSR count). The van der Waals surface area contributed by atoms with Crippen LogP contribution in [0.3, 0.4) is 0 Å². The molecule has 3 heteroatoms. The van der Waals surface area contributed by atoms with Crippen LogP contribution in [-0.2, 0) is 4.79 Å². The van der Waals surface area contributed by atoms with Crippen LogP contribution < -0.4 is 4.74 Å². The van der Waals surface area contributed by atoms with Crippen molar-refractivity contribution in [1.82, 2.24) is 0 Å². The maximum absolute atomic E-state index is 10.4. The van der Waals surface area contributed by atoms with Gasteiger partial charge in [0.1, 0.15) is 5.75 Å². The van der Waals surface area contributed by atoms with E-state index in [9.17, 15) is 4.79 Å². The van der Waals surface area contributed by atoms with Crippen LogP contribution >= 0.6 is 0 Å². The summed E-state index contributed by atoms with van der Waals surface area (Å²) in [6.07, 6.45) is 3.72. The number of ether oxygens (including phenoxy) is 1. The molecule has 0 aliphatic carbocycles. The Labute approximate surface area is 102 Å². The molecule has 0 aliphatic heterocycles. The molecule has 0 amide bonds. The molecule has 92 valence electrons. The Hall–Kier alpha value is -1.77. The lowest BCUT2D eigenvalue weighted by Gasteiger charge is -2.08. The number of unbranched alkanes of at least 4 members (excludes halogenated alkanes) is 1. The molecule has 0 aliphatic rings. The molecule has 0 spiro atoms. The summed E-state index contributed by atoms with van der Waals surface area (Å²) in [7, 11) is 1.65. The SMILES string of the molecule is COc1ccccc1/C(C)=C/CCCC(=O)O. The highest BCUT2D eigenvalue weighted by Crippen LogP contribution is 2.25. The molecule has 0 atom stereocenters. The summed E-state index contributed by atoms with van der Waals surface area (Å²) in [5, 5.41) is 8.54. The van der Waals surface area contributed by atoms with Crippen molar-refractivity contribution in [3.8, 4) is 5.75 Å². The van der Waals surface area contributed by atoms with Crippen LogP contribution in [0, 0.1) is 0 Å². The average Bonchev–Trinajstić information content (AvgIpc) is 2.34. The van der Waals surface area contributed by atoms with Gasteiger partial charge in [-0.3, -0.25) is 4.79 Å². The van der Waals surface area contributed by atoms with Gasteiger partial charge in [-0.2, -0.15) is 0 Å². The van der Waals surface area contributed by atoms with E-state index < -0.39 is 5.97 Å². The minimum atomic E-state index is -0.742. The van der Waals surface area contributed by atoms with Gasteiger partial charge in [-0.05, 0) is 31.4 Å². The topological polar surface area (TPSA) is 46.5 Å². The third kappa shape index (κ3) is 4.31. The van der Waals surface area contributed by atoms with Gasteiger partial charge >= 0.3 is 5.97 Å². The molecule has 1 aromatic carbocycles. The Balaban J connectivity index is 2.64. The van der Waals surface area contributed by atoms with Crippen molar-refractivity contribution in [2.75, 3.05) is 7.11 Å². The normalized spacial score (nSPS) is 11.3. The van der Waals surface area contributed by atoms with Gasteiger partial charge in [0.2, 0.25) is 0 Å². The lowest BCUT2D eigenvalue weighted by molar-refractivity contribution is -0.137. The van der Waals surface area contributed by atoms with Crippen LogP contribution in [-0.4, -0.2) is 18.2 Å². The zero-order chi connectivity index (χ0) is 12.7. The van der Waals surface area contributed by atoms with E-state index in [0.29, 0.717) is 6.42 Å². The van der Waals surface area contributed by atoms with Crippen LogP contribution in [0.25, 0.3) is 5.57 Å². The molecule has 0 unspecified atom stereocenters. The van der Waals surface area contributed by atoms with E-state index in [-0.39, 0.29) is 6.42 Å². The predicted octanol–water partition coefficient (Wildman–Crippen LogP) is 3.35. The monoisotopic (exact) mass is 234 g/mol. The highest BCUT2D eigenvalue weighted by Gasteiger charge is 2.03. The minimum Gasteiger partial charge on any atom is -0.496 e. The van der Waals surface area contributed by atoms with Crippen molar-refractivity contribution < 1.29 is 14.6 Å². The Kier molecular flexibility index (Phi) is 5.27. The largest absolute Gasteiger partial charge is 0.496 e. The van der Waals surface area contributed by atoms with Crippen molar-refractivity contribution >= 4 is 11.5 Å². The Morgan fingerprint density at radius 3 is 2.76 bits per heavy atom. The molecule has 0 heterocycles. The zero-order valence-corrected chi connectivity index (χ0v) is 10.3. The van der Waals surface area contributed by atoms with E-state index in [0.717, 1.165) is 23.3 Å². The van der Waals surface area contributed by atoms with Crippen molar-refractivity contribution in [2.24, 2.45) is 0 Å². The zero-order valence-electron chi connectivity index (χ0n) is 10.3. The van der Waals surface area contributed by atoms with Gasteiger partial charge in [-0.15, -0.1) is 0 Å². The second kappa shape index (κ2) is 6.74. The fraction of sp³-hybridized carbons (Fsp3) is 0.357. The van der Waals surface area contributed by atoms with Crippen LogP contribution in [0.5, 0.6) is 5.75 Å². The summed E-state index contributed by atoms with van der Waals surface area (Å²) in [5.74, 6) is 0.104. The molecule has 0 saturated carbocycles. The maximum atomic E-state index is 10.4.